The second kappa shape index (κ2) is 12.0. The number of carbonyl (C=O) groups excluding carboxylic acids is 3. The lowest BCUT2D eigenvalue weighted by Crippen LogP contribution is -2.57. The molecule has 1 spiro atoms. The zero-order chi connectivity index (χ0) is 32.9. The Bertz CT molecular complexity index is 1830. The molecule has 0 saturated carbocycles. The van der Waals surface area contributed by atoms with Gasteiger partial charge in [0.1, 0.15) is 17.0 Å². The Morgan fingerprint density at radius 1 is 1.11 bits per heavy atom. The number of carbonyl (C=O) groups is 3. The Morgan fingerprint density at radius 2 is 1.82 bits per heavy atom. The molecule has 0 radical (unpaired) electrons. The van der Waals surface area contributed by atoms with E-state index < -0.39 is 56.5 Å². The number of fused-ring (bicyclic) bond motifs is 2. The summed E-state index contributed by atoms with van der Waals surface area (Å²) in [6.45, 7) is 5.16. The Labute approximate surface area is 274 Å². The minimum Gasteiger partial charge on any atom is -0.477 e. The van der Waals surface area contributed by atoms with Crippen LogP contribution in [0.3, 0.4) is 0 Å². The summed E-state index contributed by atoms with van der Waals surface area (Å²) in [5.74, 6) is -2.97. The SMILES string of the molecule is CCC(CC)(Oc1ccc(Cl)cc1C1CC(=O)NC(c2cc(F)ccc2C)C12C(=O)Nc1cc(Br)ccc12)C(=O)NS(C)(=O)=O. The molecule has 45 heavy (non-hydrogen) atoms. The van der Waals surface area contributed by atoms with Gasteiger partial charge in [0.2, 0.25) is 21.8 Å². The van der Waals surface area contributed by atoms with Gasteiger partial charge in [-0.25, -0.2) is 17.5 Å². The van der Waals surface area contributed by atoms with Crippen molar-refractivity contribution in [3.05, 3.63) is 92.2 Å². The van der Waals surface area contributed by atoms with E-state index in [1.54, 1.807) is 63.2 Å². The van der Waals surface area contributed by atoms with Crippen LogP contribution >= 0.6 is 27.5 Å². The third kappa shape index (κ3) is 5.83. The smallest absolute Gasteiger partial charge is 0.277 e. The highest BCUT2D eigenvalue weighted by atomic mass is 79.9. The Balaban J connectivity index is 1.78. The van der Waals surface area contributed by atoms with Crippen LogP contribution in [0.1, 0.15) is 67.3 Å². The first-order valence-corrected chi connectivity index (χ1v) is 17.4. The molecule has 3 aromatic carbocycles. The summed E-state index contributed by atoms with van der Waals surface area (Å²) in [5.41, 5.74) is -0.587. The number of amides is 3. The van der Waals surface area contributed by atoms with Crippen molar-refractivity contribution >= 4 is 61.0 Å². The summed E-state index contributed by atoms with van der Waals surface area (Å²) in [7, 11) is -3.91. The summed E-state index contributed by atoms with van der Waals surface area (Å²) in [6.07, 6.45) is 0.908. The molecule has 5 rings (SSSR count). The number of hydrogen-bond donors (Lipinski definition) is 3. The molecule has 0 aliphatic carbocycles. The van der Waals surface area contributed by atoms with Gasteiger partial charge in [-0.15, -0.1) is 0 Å². The number of piperidine rings is 1. The van der Waals surface area contributed by atoms with Gasteiger partial charge in [-0.05, 0) is 78.9 Å². The fourth-order valence-electron chi connectivity index (χ4n) is 6.56. The van der Waals surface area contributed by atoms with Crippen molar-refractivity contribution in [2.24, 2.45) is 0 Å². The topological polar surface area (TPSA) is 131 Å². The largest absolute Gasteiger partial charge is 0.477 e. The molecule has 2 aliphatic heterocycles. The van der Waals surface area contributed by atoms with Crippen LogP contribution in [0.4, 0.5) is 10.1 Å². The fourth-order valence-corrected chi connectivity index (χ4v) is 7.63. The van der Waals surface area contributed by atoms with Crippen LogP contribution in [-0.2, 0) is 29.8 Å². The molecular weight excluding hydrogens is 689 g/mol. The summed E-state index contributed by atoms with van der Waals surface area (Å²) in [4.78, 5) is 41.4. The normalized spacial score (nSPS) is 21.2. The van der Waals surface area contributed by atoms with Crippen LogP contribution in [-0.4, -0.2) is 38.0 Å². The Morgan fingerprint density at radius 3 is 2.49 bits per heavy atom. The van der Waals surface area contributed by atoms with Crippen molar-refractivity contribution in [2.45, 2.75) is 63.0 Å². The van der Waals surface area contributed by atoms with Gasteiger partial charge >= 0.3 is 0 Å². The number of nitrogens with one attached hydrogen (secondary N) is 3. The first-order chi connectivity index (χ1) is 21.1. The summed E-state index contributed by atoms with van der Waals surface area (Å²) < 4.78 is 48.0. The number of hydrogen-bond acceptors (Lipinski definition) is 6. The average Bonchev–Trinajstić information content (AvgIpc) is 3.24. The number of halogens is 3. The zero-order valence-corrected chi connectivity index (χ0v) is 28.1. The Hall–Kier alpha value is -3.48. The van der Waals surface area contributed by atoms with Gasteiger partial charge in [0, 0.05) is 33.1 Å². The molecule has 2 aliphatic rings. The van der Waals surface area contributed by atoms with Gasteiger partial charge in [-0.1, -0.05) is 53.5 Å². The number of sulfonamides is 1. The van der Waals surface area contributed by atoms with Gasteiger partial charge in [0.25, 0.3) is 5.91 Å². The highest BCUT2D eigenvalue weighted by molar-refractivity contribution is 9.10. The maximum Gasteiger partial charge on any atom is 0.277 e. The first kappa shape index (κ1) is 32.9. The van der Waals surface area contributed by atoms with E-state index in [1.807, 2.05) is 4.72 Å². The summed E-state index contributed by atoms with van der Waals surface area (Å²) in [6, 6.07) is 13.2. The molecule has 3 unspecified atom stereocenters. The number of anilines is 1. The molecule has 3 aromatic rings. The van der Waals surface area contributed by atoms with E-state index >= 15 is 0 Å². The number of aryl methyl sites for hydroxylation is 1. The quantitative estimate of drug-likeness (QED) is 0.270. The molecule has 1 fully saturated rings. The number of ether oxygens (including phenoxy) is 1. The lowest BCUT2D eigenvalue weighted by molar-refractivity contribution is -0.136. The van der Waals surface area contributed by atoms with Gasteiger partial charge in [-0.2, -0.15) is 0 Å². The average molecular weight is 721 g/mol. The molecule has 0 bridgehead atoms. The molecule has 9 nitrogen and oxygen atoms in total. The van der Waals surface area contributed by atoms with E-state index in [1.165, 1.54) is 12.1 Å². The number of benzene rings is 3. The summed E-state index contributed by atoms with van der Waals surface area (Å²) >= 11 is 10.0. The van der Waals surface area contributed by atoms with Crippen LogP contribution < -0.4 is 20.1 Å². The molecular formula is C32H32BrClFN3O6S. The van der Waals surface area contributed by atoms with Gasteiger partial charge < -0.3 is 15.4 Å². The maximum atomic E-state index is 14.8. The first-order valence-electron chi connectivity index (χ1n) is 14.3. The summed E-state index contributed by atoms with van der Waals surface area (Å²) in [5, 5.41) is 6.25. The second-order valence-corrected chi connectivity index (χ2v) is 14.6. The van der Waals surface area contributed by atoms with Crippen LogP contribution in [0.5, 0.6) is 5.75 Å². The van der Waals surface area contributed by atoms with E-state index in [0.29, 0.717) is 32.4 Å². The molecule has 3 N–H and O–H groups in total. The molecule has 3 amide bonds. The highest BCUT2D eigenvalue weighted by Crippen LogP contribution is 2.59. The molecule has 3 atom stereocenters. The lowest BCUT2D eigenvalue weighted by Gasteiger charge is -2.47. The van der Waals surface area contributed by atoms with Crippen LogP contribution in [0.2, 0.25) is 5.02 Å². The predicted octanol–water partition coefficient (Wildman–Crippen LogP) is 5.80. The van der Waals surface area contributed by atoms with Gasteiger partial charge in [-0.3, -0.25) is 14.4 Å². The standard InChI is InChI=1S/C32H32BrClFN3O6S/c1-5-31(6-2,29(40)38-45(4,42)43)44-26-12-9-19(34)14-22(26)24-16-27(39)37-28(21-15-20(35)10-7-17(21)3)32(24)23-11-8-18(33)13-25(23)36-30(32)41/h7-15,24,28H,5-6,16H2,1-4H3,(H,36,41)(H,37,39)(H,38,40). The fraction of sp³-hybridized carbons (Fsp3) is 0.344. The van der Waals surface area contributed by atoms with Crippen molar-refractivity contribution < 1.29 is 31.9 Å². The van der Waals surface area contributed by atoms with Gasteiger partial charge in [0.05, 0.1) is 12.3 Å². The van der Waals surface area contributed by atoms with E-state index in [9.17, 15) is 27.2 Å². The minimum absolute atomic E-state index is 0.103. The molecule has 1 saturated heterocycles. The third-order valence-corrected chi connectivity index (χ3v) is 10.1. The maximum absolute atomic E-state index is 14.8. The molecule has 0 aromatic heterocycles. The predicted molar refractivity (Wildman–Crippen MR) is 172 cm³/mol. The van der Waals surface area contributed by atoms with Crippen molar-refractivity contribution in [1.82, 2.24) is 10.0 Å². The molecule has 238 valence electrons. The monoisotopic (exact) mass is 719 g/mol. The third-order valence-electron chi connectivity index (χ3n) is 8.79. The van der Waals surface area contributed by atoms with Crippen LogP contribution in [0, 0.1) is 12.7 Å². The van der Waals surface area contributed by atoms with Crippen molar-refractivity contribution in [1.29, 1.82) is 0 Å². The second-order valence-electron chi connectivity index (χ2n) is 11.5. The van der Waals surface area contributed by atoms with Crippen LogP contribution in [0.25, 0.3) is 0 Å². The van der Waals surface area contributed by atoms with Gasteiger partial charge in [0.15, 0.2) is 5.60 Å². The highest BCUT2D eigenvalue weighted by Gasteiger charge is 2.62. The zero-order valence-electron chi connectivity index (χ0n) is 25.0. The minimum atomic E-state index is -3.91. The molecule has 2 heterocycles. The van der Waals surface area contributed by atoms with Crippen molar-refractivity contribution in [3.63, 3.8) is 0 Å². The van der Waals surface area contributed by atoms with E-state index in [2.05, 4.69) is 26.6 Å². The molecule has 13 heteroatoms. The van der Waals surface area contributed by atoms with Crippen LogP contribution in [0.15, 0.2) is 59.1 Å². The van der Waals surface area contributed by atoms with Crippen molar-refractivity contribution in [2.75, 3.05) is 11.6 Å². The number of rotatable bonds is 8. The van der Waals surface area contributed by atoms with Crippen molar-refractivity contribution in [3.8, 4) is 5.75 Å². The van der Waals surface area contributed by atoms with E-state index in [4.69, 9.17) is 16.3 Å². The lowest BCUT2D eigenvalue weighted by atomic mass is 9.59. The van der Waals surface area contributed by atoms with E-state index in [-0.39, 0.29) is 30.0 Å². The van der Waals surface area contributed by atoms with E-state index in [0.717, 1.165) is 6.26 Å². The Kier molecular flexibility index (Phi) is 8.80.